The lowest BCUT2D eigenvalue weighted by Crippen LogP contribution is -2.50. The highest BCUT2D eigenvalue weighted by Gasteiger charge is 2.20. The number of benzene rings is 1. The molecule has 0 spiro atoms. The van der Waals surface area contributed by atoms with E-state index in [0.29, 0.717) is 19.1 Å². The van der Waals surface area contributed by atoms with E-state index in [1.165, 1.54) is 0 Å². The molecule has 2 aromatic rings. The molecule has 3 rings (SSSR count). The maximum absolute atomic E-state index is 12.5. The van der Waals surface area contributed by atoms with Crippen LogP contribution in [0.25, 0.3) is 10.9 Å². The van der Waals surface area contributed by atoms with E-state index in [-0.39, 0.29) is 6.03 Å². The van der Waals surface area contributed by atoms with Gasteiger partial charge in [0.25, 0.3) is 0 Å². The van der Waals surface area contributed by atoms with E-state index in [9.17, 15) is 4.79 Å². The lowest BCUT2D eigenvalue weighted by molar-refractivity contribution is 0.0162. The van der Waals surface area contributed by atoms with Crippen molar-refractivity contribution in [2.24, 2.45) is 0 Å². The monoisotopic (exact) mass is 356 g/mol. The van der Waals surface area contributed by atoms with Gasteiger partial charge in [-0.3, -0.25) is 9.88 Å². The summed E-state index contributed by atoms with van der Waals surface area (Å²) >= 11 is 0. The maximum atomic E-state index is 12.5. The number of aromatic nitrogens is 1. The fourth-order valence-electron chi connectivity index (χ4n) is 3.33. The third-order valence-corrected chi connectivity index (χ3v) is 4.92. The van der Waals surface area contributed by atoms with Crippen molar-refractivity contribution in [1.29, 1.82) is 0 Å². The Kier molecular flexibility index (Phi) is 6.41. The van der Waals surface area contributed by atoms with Crippen molar-refractivity contribution in [2.75, 3.05) is 39.9 Å². The number of fused-ring (bicyclic) bond motifs is 1. The number of carbonyl (C=O) groups excluding carboxylic acids is 1. The highest BCUT2D eigenvalue weighted by Crippen LogP contribution is 2.13. The highest BCUT2D eigenvalue weighted by atomic mass is 16.5. The first-order valence-corrected chi connectivity index (χ1v) is 9.33. The number of para-hydroxylation sites is 1. The van der Waals surface area contributed by atoms with Gasteiger partial charge in [0.2, 0.25) is 0 Å². The number of hydrogen-bond donors (Lipinski definition) is 1. The first-order valence-electron chi connectivity index (χ1n) is 9.33. The number of amides is 2. The number of nitrogens with zero attached hydrogens (tertiary/aromatic N) is 3. The second-order valence-electron chi connectivity index (χ2n) is 6.75. The van der Waals surface area contributed by atoms with Crippen molar-refractivity contribution in [1.82, 2.24) is 20.1 Å². The summed E-state index contributed by atoms with van der Waals surface area (Å²) in [6.07, 6.45) is 1.01. The zero-order valence-corrected chi connectivity index (χ0v) is 15.6. The third-order valence-electron chi connectivity index (χ3n) is 4.92. The summed E-state index contributed by atoms with van der Waals surface area (Å²) in [5.41, 5.74) is 1.85. The van der Waals surface area contributed by atoms with Gasteiger partial charge in [0.1, 0.15) is 0 Å². The number of morpholine rings is 1. The van der Waals surface area contributed by atoms with Gasteiger partial charge in [0, 0.05) is 38.1 Å². The maximum Gasteiger partial charge on any atom is 0.317 e. The molecule has 0 saturated carbocycles. The van der Waals surface area contributed by atoms with Gasteiger partial charge in [-0.1, -0.05) is 31.2 Å². The SMILES string of the molecule is CC[C@H](CNC(=O)N(C)Cc1ccc2ccccc2n1)N1CCOCC1. The van der Waals surface area contributed by atoms with Crippen LogP contribution in [0.1, 0.15) is 19.0 Å². The van der Waals surface area contributed by atoms with E-state index in [2.05, 4.69) is 28.2 Å². The molecule has 140 valence electrons. The Hall–Kier alpha value is -2.18. The summed E-state index contributed by atoms with van der Waals surface area (Å²) in [6.45, 7) is 6.73. The third kappa shape index (κ3) is 4.71. The summed E-state index contributed by atoms with van der Waals surface area (Å²) in [5.74, 6) is 0. The molecule has 1 N–H and O–H groups in total. The molecule has 6 heteroatoms. The van der Waals surface area contributed by atoms with E-state index in [0.717, 1.165) is 49.3 Å². The van der Waals surface area contributed by atoms with E-state index >= 15 is 0 Å². The second kappa shape index (κ2) is 8.96. The molecule has 1 fully saturated rings. The fraction of sp³-hybridized carbons (Fsp3) is 0.500. The van der Waals surface area contributed by atoms with Crippen LogP contribution in [0.15, 0.2) is 36.4 Å². The van der Waals surface area contributed by atoms with Gasteiger partial charge >= 0.3 is 6.03 Å². The largest absolute Gasteiger partial charge is 0.379 e. The fourth-order valence-corrected chi connectivity index (χ4v) is 3.33. The van der Waals surface area contributed by atoms with Crippen LogP contribution in [-0.2, 0) is 11.3 Å². The van der Waals surface area contributed by atoms with E-state index in [1.54, 1.807) is 4.90 Å². The first-order chi connectivity index (χ1) is 12.7. The number of ether oxygens (including phenoxy) is 1. The minimum absolute atomic E-state index is 0.0633. The van der Waals surface area contributed by atoms with Crippen LogP contribution in [-0.4, -0.2) is 66.8 Å². The first kappa shape index (κ1) is 18.6. The van der Waals surface area contributed by atoms with Crippen LogP contribution < -0.4 is 5.32 Å². The normalized spacial score (nSPS) is 16.4. The van der Waals surface area contributed by atoms with Crippen LogP contribution in [0.3, 0.4) is 0 Å². The molecule has 1 aliphatic rings. The van der Waals surface area contributed by atoms with Crippen molar-refractivity contribution in [3.8, 4) is 0 Å². The zero-order valence-electron chi connectivity index (χ0n) is 15.6. The van der Waals surface area contributed by atoms with E-state index in [4.69, 9.17) is 4.74 Å². The molecule has 0 aliphatic carbocycles. The Morgan fingerprint density at radius 1 is 1.27 bits per heavy atom. The minimum Gasteiger partial charge on any atom is -0.379 e. The summed E-state index contributed by atoms with van der Waals surface area (Å²) < 4.78 is 5.41. The van der Waals surface area contributed by atoms with Crippen LogP contribution in [0.4, 0.5) is 4.79 Å². The van der Waals surface area contributed by atoms with Gasteiger partial charge in [0.05, 0.1) is 31.0 Å². The van der Waals surface area contributed by atoms with E-state index < -0.39 is 0 Å². The Labute approximate surface area is 155 Å². The highest BCUT2D eigenvalue weighted by molar-refractivity contribution is 5.78. The van der Waals surface area contributed by atoms with Crippen molar-refractivity contribution in [3.63, 3.8) is 0 Å². The Bertz CT molecular complexity index is 731. The van der Waals surface area contributed by atoms with Gasteiger partial charge in [-0.15, -0.1) is 0 Å². The Morgan fingerprint density at radius 3 is 2.81 bits per heavy atom. The molecule has 2 heterocycles. The number of pyridine rings is 1. The number of rotatable bonds is 6. The van der Waals surface area contributed by atoms with Crippen molar-refractivity contribution < 1.29 is 9.53 Å². The summed E-state index contributed by atoms with van der Waals surface area (Å²) in [5, 5.41) is 4.18. The summed E-state index contributed by atoms with van der Waals surface area (Å²) in [4.78, 5) is 21.2. The molecule has 1 aliphatic heterocycles. The van der Waals surface area contributed by atoms with Gasteiger partial charge in [-0.05, 0) is 18.6 Å². The lowest BCUT2D eigenvalue weighted by atomic mass is 10.2. The molecule has 0 unspecified atom stereocenters. The predicted molar refractivity (Wildman–Crippen MR) is 103 cm³/mol. The van der Waals surface area contributed by atoms with Gasteiger partial charge < -0.3 is 15.0 Å². The summed E-state index contributed by atoms with van der Waals surface area (Å²) in [7, 11) is 1.81. The minimum atomic E-state index is -0.0633. The smallest absolute Gasteiger partial charge is 0.317 e. The van der Waals surface area contributed by atoms with Crippen molar-refractivity contribution in [3.05, 3.63) is 42.1 Å². The predicted octanol–water partition coefficient (Wildman–Crippen LogP) is 2.49. The standard InChI is InChI=1S/C20H28N4O2/c1-3-18(24-10-12-26-13-11-24)14-21-20(25)23(2)15-17-9-8-16-6-4-5-7-19(16)22-17/h4-9,18H,3,10-15H2,1-2H3,(H,21,25)/t18-/m1/s1. The van der Waals surface area contributed by atoms with Crippen molar-refractivity contribution >= 4 is 16.9 Å². The Morgan fingerprint density at radius 2 is 2.04 bits per heavy atom. The molecule has 6 nitrogen and oxygen atoms in total. The van der Waals surface area contributed by atoms with Crippen LogP contribution in [0.5, 0.6) is 0 Å². The number of carbonyl (C=O) groups is 1. The Balaban J connectivity index is 1.53. The van der Waals surface area contributed by atoms with Gasteiger partial charge in [0.15, 0.2) is 0 Å². The number of urea groups is 1. The van der Waals surface area contributed by atoms with Crippen molar-refractivity contribution in [2.45, 2.75) is 25.9 Å². The second-order valence-corrected chi connectivity index (χ2v) is 6.75. The number of nitrogens with one attached hydrogen (secondary N) is 1. The average molecular weight is 356 g/mol. The van der Waals surface area contributed by atoms with Crippen LogP contribution in [0, 0.1) is 0 Å². The van der Waals surface area contributed by atoms with E-state index in [1.807, 2.05) is 37.4 Å². The molecule has 0 radical (unpaired) electrons. The van der Waals surface area contributed by atoms with Gasteiger partial charge in [-0.25, -0.2) is 4.79 Å². The zero-order chi connectivity index (χ0) is 18.4. The van der Waals surface area contributed by atoms with Gasteiger partial charge in [-0.2, -0.15) is 0 Å². The quantitative estimate of drug-likeness (QED) is 0.864. The molecule has 1 aromatic heterocycles. The lowest BCUT2D eigenvalue weighted by Gasteiger charge is -2.34. The van der Waals surface area contributed by atoms with Crippen LogP contribution in [0.2, 0.25) is 0 Å². The summed E-state index contributed by atoms with van der Waals surface area (Å²) in [6, 6.07) is 12.3. The molecular formula is C20H28N4O2. The molecule has 0 bridgehead atoms. The molecule has 1 saturated heterocycles. The molecule has 1 atom stereocenters. The topological polar surface area (TPSA) is 57.7 Å². The molecule has 2 amide bonds. The van der Waals surface area contributed by atoms with Crippen LogP contribution >= 0.6 is 0 Å². The molecule has 1 aromatic carbocycles. The molecule has 26 heavy (non-hydrogen) atoms. The average Bonchev–Trinajstić information content (AvgIpc) is 2.69. The number of hydrogen-bond acceptors (Lipinski definition) is 4. The molecular weight excluding hydrogens is 328 g/mol.